The molecule has 0 aromatic heterocycles. The fourth-order valence-electron chi connectivity index (χ4n) is 0.392. The first kappa shape index (κ1) is 11.3. The Morgan fingerprint density at radius 1 is 1.42 bits per heavy atom. The lowest BCUT2D eigenvalue weighted by Gasteiger charge is -1.99. The van der Waals surface area contributed by atoms with Gasteiger partial charge in [-0.25, -0.2) is 4.57 Å². The summed E-state index contributed by atoms with van der Waals surface area (Å²) in [5.74, 6) is -1.01. The Morgan fingerprint density at radius 3 is 2.42 bits per heavy atom. The molecule has 0 aromatic rings. The number of hydrogen-bond acceptors (Lipinski definition) is 3. The third kappa shape index (κ3) is 9.32. The van der Waals surface area contributed by atoms with E-state index >= 15 is 0 Å². The first-order valence-corrected chi connectivity index (χ1v) is 4.52. The van der Waals surface area contributed by atoms with Crippen LogP contribution < -0.4 is 0 Å². The molecule has 6 nitrogen and oxygen atoms in total. The molecule has 0 aliphatic rings. The van der Waals surface area contributed by atoms with E-state index in [1.807, 2.05) is 0 Å². The molecule has 0 aliphatic heterocycles. The summed E-state index contributed by atoms with van der Waals surface area (Å²) in [6.07, 6.45) is 2.29. The predicted octanol–water partition coefficient (Wildman–Crippen LogP) is 0.127. The number of carboxylic acids is 1. The Kier molecular flexibility index (Phi) is 4.77. The Morgan fingerprint density at radius 2 is 2.00 bits per heavy atom. The van der Waals surface area contributed by atoms with Gasteiger partial charge in [0.1, 0.15) is 0 Å². The largest absolute Gasteiger partial charge is 0.481 e. The van der Waals surface area contributed by atoms with Crippen molar-refractivity contribution >= 4 is 13.8 Å². The maximum Gasteiger partial charge on any atom is 0.469 e. The zero-order valence-electron chi connectivity index (χ0n) is 6.08. The van der Waals surface area contributed by atoms with Crippen molar-refractivity contribution in [3.05, 3.63) is 12.2 Å². The highest BCUT2D eigenvalue weighted by Crippen LogP contribution is 2.35. The van der Waals surface area contributed by atoms with Gasteiger partial charge in [-0.1, -0.05) is 12.2 Å². The summed E-state index contributed by atoms with van der Waals surface area (Å²) in [6.45, 7) is -0.294. The molecule has 12 heavy (non-hydrogen) atoms. The molecular formula is C5H9O6P. The lowest BCUT2D eigenvalue weighted by Crippen LogP contribution is -1.91. The topological polar surface area (TPSA) is 104 Å². The molecule has 0 saturated heterocycles. The van der Waals surface area contributed by atoms with E-state index in [2.05, 4.69) is 4.52 Å². The molecule has 0 aliphatic carbocycles. The molecule has 0 atom stereocenters. The second-order valence-corrected chi connectivity index (χ2v) is 3.09. The summed E-state index contributed by atoms with van der Waals surface area (Å²) in [6, 6.07) is 0. The molecule has 0 amide bonds. The molecule has 0 fully saturated rings. The highest BCUT2D eigenvalue weighted by molar-refractivity contribution is 7.46. The van der Waals surface area contributed by atoms with E-state index < -0.39 is 13.8 Å². The van der Waals surface area contributed by atoms with Crippen LogP contribution in [0.2, 0.25) is 0 Å². The fourth-order valence-corrected chi connectivity index (χ4v) is 0.673. The second-order valence-electron chi connectivity index (χ2n) is 1.86. The maximum atomic E-state index is 10.1. The summed E-state index contributed by atoms with van der Waals surface area (Å²) in [5.41, 5.74) is 0. The lowest BCUT2D eigenvalue weighted by molar-refractivity contribution is -0.136. The normalized spacial score (nSPS) is 12.2. The van der Waals surface area contributed by atoms with E-state index in [1.54, 1.807) is 0 Å². The van der Waals surface area contributed by atoms with Gasteiger partial charge in [-0.3, -0.25) is 9.32 Å². The summed E-state index contributed by atoms with van der Waals surface area (Å²) in [5, 5.41) is 8.13. The minimum Gasteiger partial charge on any atom is -0.481 e. The first-order chi connectivity index (χ1) is 5.42. The highest BCUT2D eigenvalue weighted by atomic mass is 31.2. The number of carbonyl (C=O) groups is 1. The number of hydrogen-bond donors (Lipinski definition) is 3. The van der Waals surface area contributed by atoms with Gasteiger partial charge in [0, 0.05) is 0 Å². The van der Waals surface area contributed by atoms with Gasteiger partial charge in [-0.2, -0.15) is 0 Å². The van der Waals surface area contributed by atoms with E-state index in [1.165, 1.54) is 12.2 Å². The van der Waals surface area contributed by atoms with Gasteiger partial charge >= 0.3 is 13.8 Å². The third-order valence-corrected chi connectivity index (χ3v) is 1.28. The SMILES string of the molecule is O=C(O)C/C=C/COP(=O)(O)O. The monoisotopic (exact) mass is 196 g/mol. The number of phosphoric acid groups is 1. The Labute approximate surface area is 68.7 Å². The van der Waals surface area contributed by atoms with Crippen LogP contribution >= 0.6 is 7.82 Å². The molecule has 0 saturated carbocycles. The average Bonchev–Trinajstić information content (AvgIpc) is 1.83. The van der Waals surface area contributed by atoms with Gasteiger partial charge in [0.2, 0.25) is 0 Å². The van der Waals surface area contributed by atoms with E-state index in [9.17, 15) is 9.36 Å². The highest BCUT2D eigenvalue weighted by Gasteiger charge is 2.11. The minimum absolute atomic E-state index is 0.190. The Hall–Kier alpha value is -0.680. The van der Waals surface area contributed by atoms with Gasteiger partial charge in [-0.05, 0) is 0 Å². The lowest BCUT2D eigenvalue weighted by atomic mass is 10.4. The van der Waals surface area contributed by atoms with Gasteiger partial charge < -0.3 is 14.9 Å². The number of phosphoric ester groups is 1. The maximum absolute atomic E-state index is 10.1. The number of rotatable bonds is 5. The van der Waals surface area contributed by atoms with Crippen molar-refractivity contribution in [2.75, 3.05) is 6.61 Å². The second kappa shape index (κ2) is 5.05. The van der Waals surface area contributed by atoms with Crippen LogP contribution in [0.4, 0.5) is 0 Å². The van der Waals surface area contributed by atoms with Crippen LogP contribution in [0.3, 0.4) is 0 Å². The fraction of sp³-hybridized carbons (Fsp3) is 0.400. The molecular weight excluding hydrogens is 187 g/mol. The molecule has 0 heterocycles. The Bertz CT molecular complexity index is 216. The molecule has 0 aromatic carbocycles. The average molecular weight is 196 g/mol. The van der Waals surface area contributed by atoms with Gasteiger partial charge in [0.15, 0.2) is 0 Å². The van der Waals surface area contributed by atoms with E-state index in [0.717, 1.165) is 0 Å². The van der Waals surface area contributed by atoms with Crippen LogP contribution in [0.25, 0.3) is 0 Å². The van der Waals surface area contributed by atoms with Crippen LogP contribution in [0.1, 0.15) is 6.42 Å². The van der Waals surface area contributed by atoms with Crippen LogP contribution in [-0.4, -0.2) is 27.5 Å². The van der Waals surface area contributed by atoms with Gasteiger partial charge in [-0.15, -0.1) is 0 Å². The predicted molar refractivity (Wildman–Crippen MR) is 39.4 cm³/mol. The van der Waals surface area contributed by atoms with E-state index in [0.29, 0.717) is 0 Å². The van der Waals surface area contributed by atoms with Crippen molar-refractivity contribution in [1.29, 1.82) is 0 Å². The summed E-state index contributed by atoms with van der Waals surface area (Å²) >= 11 is 0. The minimum atomic E-state index is -4.43. The molecule has 3 N–H and O–H groups in total. The van der Waals surface area contributed by atoms with Crippen LogP contribution in [0.5, 0.6) is 0 Å². The zero-order chi connectivity index (χ0) is 9.61. The molecule has 0 bridgehead atoms. The van der Waals surface area contributed by atoms with Crippen molar-refractivity contribution in [1.82, 2.24) is 0 Å². The molecule has 0 unspecified atom stereocenters. The van der Waals surface area contributed by atoms with Crippen LogP contribution in [0, 0.1) is 0 Å². The van der Waals surface area contributed by atoms with E-state index in [-0.39, 0.29) is 13.0 Å². The number of aliphatic carboxylic acids is 1. The molecule has 0 spiro atoms. The Balaban J connectivity index is 3.50. The molecule has 7 heteroatoms. The first-order valence-electron chi connectivity index (χ1n) is 2.98. The van der Waals surface area contributed by atoms with Crippen LogP contribution in [-0.2, 0) is 13.9 Å². The third-order valence-electron chi connectivity index (χ3n) is 0.798. The summed E-state index contributed by atoms with van der Waals surface area (Å²) in [4.78, 5) is 26.2. The van der Waals surface area contributed by atoms with Crippen molar-refractivity contribution in [3.63, 3.8) is 0 Å². The summed E-state index contributed by atoms with van der Waals surface area (Å²) in [7, 11) is -4.43. The number of carboxylic acid groups (broad SMARTS) is 1. The summed E-state index contributed by atoms with van der Waals surface area (Å²) < 4.78 is 14.0. The van der Waals surface area contributed by atoms with Crippen molar-refractivity contribution in [3.8, 4) is 0 Å². The van der Waals surface area contributed by atoms with Crippen molar-refractivity contribution < 1.29 is 28.8 Å². The van der Waals surface area contributed by atoms with Crippen molar-refractivity contribution in [2.45, 2.75) is 6.42 Å². The molecule has 0 rings (SSSR count). The van der Waals surface area contributed by atoms with E-state index in [4.69, 9.17) is 14.9 Å². The van der Waals surface area contributed by atoms with Gasteiger partial charge in [0.05, 0.1) is 13.0 Å². The quantitative estimate of drug-likeness (QED) is 0.426. The van der Waals surface area contributed by atoms with Gasteiger partial charge in [0.25, 0.3) is 0 Å². The standard InChI is InChI=1S/C5H9O6P/c6-5(7)3-1-2-4-11-12(8,9)10/h1-2H,3-4H2,(H,6,7)(H2,8,9,10)/b2-1+. The molecule has 0 radical (unpaired) electrons. The van der Waals surface area contributed by atoms with Crippen LogP contribution in [0.15, 0.2) is 12.2 Å². The van der Waals surface area contributed by atoms with Crippen molar-refractivity contribution in [2.24, 2.45) is 0 Å². The molecule has 70 valence electrons. The zero-order valence-corrected chi connectivity index (χ0v) is 6.98. The smallest absolute Gasteiger partial charge is 0.469 e.